The average molecular weight is 782 g/mol. The molecule has 9 nitrogen and oxygen atoms in total. The summed E-state index contributed by atoms with van der Waals surface area (Å²) in [5.74, 6) is -0.211. The Balaban J connectivity index is 2.08. The highest BCUT2D eigenvalue weighted by Gasteiger charge is 2.44. The van der Waals surface area contributed by atoms with Crippen molar-refractivity contribution < 1.29 is 39.8 Å². The second-order valence-electron chi connectivity index (χ2n) is 16.2. The van der Waals surface area contributed by atoms with Gasteiger partial charge < -0.3 is 40.3 Å². The minimum atomic E-state index is -1.57. The minimum absolute atomic E-state index is 0.201. The third kappa shape index (κ3) is 27.9. The van der Waals surface area contributed by atoms with Crippen molar-refractivity contribution in [2.24, 2.45) is 0 Å². The van der Waals surface area contributed by atoms with E-state index in [2.05, 4.69) is 31.3 Å². The Morgan fingerprint density at radius 1 is 0.600 bits per heavy atom. The molecule has 0 aromatic heterocycles. The zero-order valence-corrected chi connectivity index (χ0v) is 35.4. The molecule has 9 heteroatoms. The summed E-state index contributed by atoms with van der Waals surface area (Å²) < 4.78 is 11.1. The molecule has 7 unspecified atom stereocenters. The number of amides is 1. The van der Waals surface area contributed by atoms with Crippen molar-refractivity contribution in [3.05, 3.63) is 24.3 Å². The fourth-order valence-electron chi connectivity index (χ4n) is 7.29. The number of nitrogens with one attached hydrogen (secondary N) is 1. The molecule has 1 heterocycles. The van der Waals surface area contributed by atoms with Crippen molar-refractivity contribution in [2.45, 2.75) is 249 Å². The zero-order valence-electron chi connectivity index (χ0n) is 35.4. The Hall–Kier alpha value is -1.33. The molecule has 0 saturated carbocycles. The van der Waals surface area contributed by atoms with Crippen LogP contribution in [0.5, 0.6) is 0 Å². The molecule has 1 rings (SSSR count). The highest BCUT2D eigenvalue weighted by molar-refractivity contribution is 5.76. The number of carbonyl (C=O) groups is 1. The Morgan fingerprint density at radius 3 is 1.53 bits per heavy atom. The Morgan fingerprint density at radius 2 is 1.04 bits per heavy atom. The van der Waals surface area contributed by atoms with Crippen LogP contribution < -0.4 is 5.32 Å². The second kappa shape index (κ2) is 37.0. The molecule has 0 bridgehead atoms. The number of unbranched alkanes of at least 4 members (excludes halogenated alkanes) is 26. The van der Waals surface area contributed by atoms with Crippen LogP contribution in [0.1, 0.15) is 206 Å². The first-order valence-electron chi connectivity index (χ1n) is 23.1. The van der Waals surface area contributed by atoms with E-state index in [0.717, 1.165) is 38.5 Å². The summed E-state index contributed by atoms with van der Waals surface area (Å²) in [6.45, 7) is 3.58. The number of rotatable bonds is 38. The third-order valence-corrected chi connectivity index (χ3v) is 11.0. The van der Waals surface area contributed by atoms with E-state index in [9.17, 15) is 30.3 Å². The van der Waals surface area contributed by atoms with Crippen molar-refractivity contribution in [3.8, 4) is 0 Å². The monoisotopic (exact) mass is 782 g/mol. The summed E-state index contributed by atoms with van der Waals surface area (Å²) in [7, 11) is 0. The molecule has 6 N–H and O–H groups in total. The maximum atomic E-state index is 12.6. The summed E-state index contributed by atoms with van der Waals surface area (Å²) in [5.41, 5.74) is 0. The van der Waals surface area contributed by atoms with Gasteiger partial charge in [0, 0.05) is 6.42 Å². The lowest BCUT2D eigenvalue weighted by Gasteiger charge is -2.40. The van der Waals surface area contributed by atoms with Crippen LogP contribution in [0.4, 0.5) is 0 Å². The van der Waals surface area contributed by atoms with E-state index >= 15 is 0 Å². The molecule has 0 spiro atoms. The van der Waals surface area contributed by atoms with Gasteiger partial charge in [0.05, 0.1) is 25.4 Å². The van der Waals surface area contributed by atoms with Crippen LogP contribution >= 0.6 is 0 Å². The normalized spacial score (nSPS) is 21.5. The van der Waals surface area contributed by atoms with Crippen molar-refractivity contribution in [2.75, 3.05) is 13.2 Å². The lowest BCUT2D eigenvalue weighted by atomic mass is 9.99. The van der Waals surface area contributed by atoms with Crippen LogP contribution in [0.3, 0.4) is 0 Å². The first-order chi connectivity index (χ1) is 26.8. The van der Waals surface area contributed by atoms with Crippen molar-refractivity contribution in [1.82, 2.24) is 5.32 Å². The van der Waals surface area contributed by atoms with Gasteiger partial charge in [-0.05, 0) is 32.1 Å². The maximum Gasteiger partial charge on any atom is 0.220 e. The SMILES string of the molecule is CCCCCCCCCCCCCCCCCCCCCCCCC/C=C/CC/C=C/C(O)C(COC1OC(CO)C(O)C(O)C1O)NC(=O)CCCCC. The van der Waals surface area contributed by atoms with Crippen molar-refractivity contribution in [1.29, 1.82) is 0 Å². The number of hydrogen-bond donors (Lipinski definition) is 6. The summed E-state index contributed by atoms with van der Waals surface area (Å²) in [4.78, 5) is 12.6. The van der Waals surface area contributed by atoms with E-state index in [4.69, 9.17) is 9.47 Å². The predicted molar refractivity (Wildman–Crippen MR) is 226 cm³/mol. The number of aliphatic hydroxyl groups excluding tert-OH is 5. The van der Waals surface area contributed by atoms with Gasteiger partial charge in [0.1, 0.15) is 24.4 Å². The number of hydrogen-bond acceptors (Lipinski definition) is 8. The van der Waals surface area contributed by atoms with Gasteiger partial charge in [-0.3, -0.25) is 4.79 Å². The molecule has 55 heavy (non-hydrogen) atoms. The molecular weight excluding hydrogens is 695 g/mol. The number of allylic oxidation sites excluding steroid dienone is 3. The standard InChI is InChI=1S/C46H87NO8/c1-3-5-7-8-9-10-11-12-13-14-15-16-17-18-19-20-21-22-23-24-25-26-27-28-29-30-31-32-34-35-40(49)39(47-42(50)36-33-6-4-2)38-54-46-45(53)44(52)43(51)41(37-48)55-46/h29-30,34-35,39-41,43-46,48-49,51-53H,3-28,31-33,36-38H2,1-2H3,(H,47,50)/b30-29+,35-34+. The first-order valence-corrected chi connectivity index (χ1v) is 23.1. The smallest absolute Gasteiger partial charge is 0.220 e. The zero-order chi connectivity index (χ0) is 40.2. The van der Waals surface area contributed by atoms with Gasteiger partial charge in [-0.15, -0.1) is 0 Å². The van der Waals surface area contributed by atoms with E-state index in [1.165, 1.54) is 148 Å². The number of ether oxygens (including phenoxy) is 2. The van der Waals surface area contributed by atoms with E-state index in [1.54, 1.807) is 6.08 Å². The van der Waals surface area contributed by atoms with E-state index in [0.29, 0.717) is 6.42 Å². The molecule has 0 aliphatic carbocycles. The minimum Gasteiger partial charge on any atom is -0.394 e. The van der Waals surface area contributed by atoms with Crippen LogP contribution in [-0.2, 0) is 14.3 Å². The summed E-state index contributed by atoms with van der Waals surface area (Å²) in [6, 6.07) is -0.813. The van der Waals surface area contributed by atoms with E-state index in [-0.39, 0.29) is 12.5 Å². The molecule has 324 valence electrons. The van der Waals surface area contributed by atoms with Crippen molar-refractivity contribution in [3.63, 3.8) is 0 Å². The maximum absolute atomic E-state index is 12.6. The molecule has 1 aliphatic rings. The van der Waals surface area contributed by atoms with E-state index < -0.39 is 49.5 Å². The number of aliphatic hydroxyl groups is 5. The van der Waals surface area contributed by atoms with Gasteiger partial charge in [-0.1, -0.05) is 192 Å². The van der Waals surface area contributed by atoms with Gasteiger partial charge >= 0.3 is 0 Å². The molecule has 7 atom stereocenters. The topological polar surface area (TPSA) is 149 Å². The molecule has 1 fully saturated rings. The van der Waals surface area contributed by atoms with Crippen LogP contribution in [-0.4, -0.2) is 87.5 Å². The fraction of sp³-hybridized carbons (Fsp3) is 0.891. The Kier molecular flexibility index (Phi) is 34.7. The summed E-state index contributed by atoms with van der Waals surface area (Å²) in [6.07, 6.45) is 37.8. The lowest BCUT2D eigenvalue weighted by Crippen LogP contribution is -2.60. The summed E-state index contributed by atoms with van der Waals surface area (Å²) >= 11 is 0. The third-order valence-electron chi connectivity index (χ3n) is 11.0. The highest BCUT2D eigenvalue weighted by atomic mass is 16.7. The molecule has 1 amide bonds. The largest absolute Gasteiger partial charge is 0.394 e. The molecule has 0 radical (unpaired) electrons. The number of carbonyl (C=O) groups excluding carboxylic acids is 1. The molecular formula is C46H87NO8. The van der Waals surface area contributed by atoms with Crippen molar-refractivity contribution >= 4 is 5.91 Å². The average Bonchev–Trinajstić information content (AvgIpc) is 3.18. The highest BCUT2D eigenvalue weighted by Crippen LogP contribution is 2.22. The molecule has 0 aromatic carbocycles. The first kappa shape index (κ1) is 51.7. The summed E-state index contributed by atoms with van der Waals surface area (Å²) in [5, 5.41) is 53.6. The Bertz CT molecular complexity index is 914. The van der Waals surface area contributed by atoms with Crippen LogP contribution in [0, 0.1) is 0 Å². The van der Waals surface area contributed by atoms with Gasteiger partial charge in [0.25, 0.3) is 0 Å². The molecule has 0 aromatic rings. The van der Waals surface area contributed by atoms with Gasteiger partial charge in [-0.2, -0.15) is 0 Å². The predicted octanol–water partition coefficient (Wildman–Crippen LogP) is 9.50. The van der Waals surface area contributed by atoms with E-state index in [1.807, 2.05) is 6.08 Å². The second-order valence-corrected chi connectivity index (χ2v) is 16.2. The Labute approximate surface area is 337 Å². The van der Waals surface area contributed by atoms with Gasteiger partial charge in [-0.25, -0.2) is 0 Å². The molecule has 1 aliphatic heterocycles. The quantitative estimate of drug-likeness (QED) is 0.0268. The van der Waals surface area contributed by atoms with Crippen LogP contribution in [0.2, 0.25) is 0 Å². The molecule has 1 saturated heterocycles. The van der Waals surface area contributed by atoms with Crippen LogP contribution in [0.15, 0.2) is 24.3 Å². The van der Waals surface area contributed by atoms with Gasteiger partial charge in [0.2, 0.25) is 5.91 Å². The van der Waals surface area contributed by atoms with Gasteiger partial charge in [0.15, 0.2) is 6.29 Å². The lowest BCUT2D eigenvalue weighted by molar-refractivity contribution is -0.302. The fourth-order valence-corrected chi connectivity index (χ4v) is 7.29. The van der Waals surface area contributed by atoms with Crippen LogP contribution in [0.25, 0.3) is 0 Å².